The Morgan fingerprint density at radius 3 is 2.75 bits per heavy atom. The first kappa shape index (κ1) is 13.7. The van der Waals surface area contributed by atoms with Gasteiger partial charge in [-0.25, -0.2) is 0 Å². The number of benzene rings is 1. The number of nitriles is 1. The van der Waals surface area contributed by atoms with Crippen LogP contribution in [0.4, 0.5) is 0 Å². The van der Waals surface area contributed by atoms with Crippen LogP contribution in [0.5, 0.6) is 0 Å². The van der Waals surface area contributed by atoms with Gasteiger partial charge in [-0.1, -0.05) is 0 Å². The number of nitrogens with zero attached hydrogens (tertiary/aromatic N) is 1. The Hall–Kier alpha value is -0.360. The monoisotopic (exact) mass is 441 g/mol. The van der Waals surface area contributed by atoms with Gasteiger partial charge in [-0.3, -0.25) is 4.79 Å². The fraction of sp³-hybridized carbons (Fsp3) is 0.273. The number of hydrogen-bond acceptors (Lipinski definition) is 3. The average molecular weight is 441 g/mol. The van der Waals surface area contributed by atoms with E-state index in [4.69, 9.17) is 10.00 Å². The molecular formula is C11H9I2NO2. The number of esters is 1. The third-order valence-corrected chi connectivity index (χ3v) is 3.36. The van der Waals surface area contributed by atoms with Gasteiger partial charge in [-0.05, 0) is 69.8 Å². The van der Waals surface area contributed by atoms with Crippen molar-refractivity contribution in [1.82, 2.24) is 0 Å². The SMILES string of the molecule is CCOC(=O)Cc1cc(I)cc(I)c1C#N. The molecular weight excluding hydrogens is 432 g/mol. The van der Waals surface area contributed by atoms with Gasteiger partial charge in [0, 0.05) is 7.14 Å². The predicted molar refractivity (Wildman–Crippen MR) is 76.9 cm³/mol. The lowest BCUT2D eigenvalue weighted by atomic mass is 10.1. The third-order valence-electron chi connectivity index (χ3n) is 1.89. The maximum Gasteiger partial charge on any atom is 0.310 e. The van der Waals surface area contributed by atoms with Crippen molar-refractivity contribution in [3.8, 4) is 6.07 Å². The molecule has 1 aromatic rings. The van der Waals surface area contributed by atoms with Crippen LogP contribution in [-0.4, -0.2) is 12.6 Å². The molecule has 0 saturated heterocycles. The van der Waals surface area contributed by atoms with Crippen molar-refractivity contribution in [2.45, 2.75) is 13.3 Å². The van der Waals surface area contributed by atoms with Gasteiger partial charge >= 0.3 is 5.97 Å². The first-order valence-corrected chi connectivity index (χ1v) is 6.77. The van der Waals surface area contributed by atoms with E-state index < -0.39 is 0 Å². The molecule has 0 aliphatic rings. The molecule has 1 aromatic carbocycles. The molecule has 0 saturated carbocycles. The predicted octanol–water partition coefficient (Wildman–Crippen LogP) is 2.87. The zero-order valence-electron chi connectivity index (χ0n) is 8.59. The van der Waals surface area contributed by atoms with Crippen LogP contribution in [-0.2, 0) is 16.0 Å². The van der Waals surface area contributed by atoms with Crippen LogP contribution in [0, 0.1) is 18.5 Å². The summed E-state index contributed by atoms with van der Waals surface area (Å²) in [6.07, 6.45) is 0.156. The van der Waals surface area contributed by atoms with E-state index in [0.717, 1.165) is 12.7 Å². The average Bonchev–Trinajstić information content (AvgIpc) is 2.17. The topological polar surface area (TPSA) is 50.1 Å². The Balaban J connectivity index is 3.04. The van der Waals surface area contributed by atoms with E-state index >= 15 is 0 Å². The van der Waals surface area contributed by atoms with Crippen molar-refractivity contribution in [3.05, 3.63) is 30.4 Å². The number of halogens is 2. The van der Waals surface area contributed by atoms with Crippen molar-refractivity contribution < 1.29 is 9.53 Å². The summed E-state index contributed by atoms with van der Waals surface area (Å²) in [4.78, 5) is 11.4. The van der Waals surface area contributed by atoms with Crippen LogP contribution in [0.25, 0.3) is 0 Å². The minimum absolute atomic E-state index is 0.156. The Bertz CT molecular complexity index is 452. The van der Waals surface area contributed by atoms with E-state index in [9.17, 15) is 4.79 Å². The minimum Gasteiger partial charge on any atom is -0.466 e. The van der Waals surface area contributed by atoms with Crippen molar-refractivity contribution in [1.29, 1.82) is 5.26 Å². The van der Waals surface area contributed by atoms with Gasteiger partial charge in [0.2, 0.25) is 0 Å². The zero-order valence-corrected chi connectivity index (χ0v) is 12.9. The fourth-order valence-electron chi connectivity index (χ4n) is 1.26. The molecule has 3 nitrogen and oxygen atoms in total. The van der Waals surface area contributed by atoms with Crippen LogP contribution in [0.3, 0.4) is 0 Å². The van der Waals surface area contributed by atoms with Gasteiger partial charge in [0.25, 0.3) is 0 Å². The van der Waals surface area contributed by atoms with Gasteiger partial charge in [0.05, 0.1) is 18.6 Å². The molecule has 16 heavy (non-hydrogen) atoms. The molecule has 1 rings (SSSR count). The molecule has 0 radical (unpaired) electrons. The fourth-order valence-corrected chi connectivity index (χ4v) is 3.34. The maximum atomic E-state index is 11.4. The molecule has 0 amide bonds. The molecule has 0 aliphatic carbocycles. The summed E-state index contributed by atoms with van der Waals surface area (Å²) in [6.45, 7) is 2.13. The highest BCUT2D eigenvalue weighted by atomic mass is 127. The minimum atomic E-state index is -0.295. The van der Waals surface area contributed by atoms with Crippen LogP contribution in [0.1, 0.15) is 18.1 Å². The van der Waals surface area contributed by atoms with Crippen LogP contribution in [0.2, 0.25) is 0 Å². The molecule has 84 valence electrons. The highest BCUT2D eigenvalue weighted by molar-refractivity contribution is 14.1. The summed E-state index contributed by atoms with van der Waals surface area (Å²) in [5, 5.41) is 9.02. The first-order chi connectivity index (χ1) is 7.58. The summed E-state index contributed by atoms with van der Waals surface area (Å²) in [7, 11) is 0. The molecule has 0 unspecified atom stereocenters. The van der Waals surface area contributed by atoms with Crippen molar-refractivity contribution >= 4 is 51.2 Å². The highest BCUT2D eigenvalue weighted by Crippen LogP contribution is 2.21. The summed E-state index contributed by atoms with van der Waals surface area (Å²) in [6, 6.07) is 5.88. The van der Waals surface area contributed by atoms with Gasteiger partial charge in [-0.15, -0.1) is 0 Å². The molecule has 0 aliphatic heterocycles. The molecule has 0 atom stereocenters. The van der Waals surface area contributed by atoms with E-state index in [0.29, 0.717) is 12.2 Å². The van der Waals surface area contributed by atoms with E-state index in [1.54, 1.807) is 6.92 Å². The van der Waals surface area contributed by atoms with Crippen LogP contribution >= 0.6 is 45.2 Å². The molecule has 0 aromatic heterocycles. The molecule has 0 heterocycles. The highest BCUT2D eigenvalue weighted by Gasteiger charge is 2.12. The number of carbonyl (C=O) groups excluding carboxylic acids is 1. The third kappa shape index (κ3) is 3.59. The van der Waals surface area contributed by atoms with Gasteiger partial charge < -0.3 is 4.74 Å². The Morgan fingerprint density at radius 1 is 1.50 bits per heavy atom. The quantitative estimate of drug-likeness (QED) is 0.536. The number of rotatable bonds is 3. The van der Waals surface area contributed by atoms with Gasteiger partial charge in [0.15, 0.2) is 0 Å². The van der Waals surface area contributed by atoms with E-state index in [-0.39, 0.29) is 12.4 Å². The lowest BCUT2D eigenvalue weighted by Gasteiger charge is -2.06. The first-order valence-electron chi connectivity index (χ1n) is 4.62. The normalized spacial score (nSPS) is 9.62. The molecule has 0 N–H and O–H groups in total. The number of ether oxygens (including phenoxy) is 1. The summed E-state index contributed by atoms with van der Waals surface area (Å²) < 4.78 is 6.75. The van der Waals surface area contributed by atoms with E-state index in [1.807, 2.05) is 12.1 Å². The van der Waals surface area contributed by atoms with E-state index in [2.05, 4.69) is 51.3 Å². The maximum absolute atomic E-state index is 11.4. The second-order valence-corrected chi connectivity index (χ2v) is 5.42. The van der Waals surface area contributed by atoms with Gasteiger partial charge in [0.1, 0.15) is 6.07 Å². The number of hydrogen-bond donors (Lipinski definition) is 0. The lowest BCUT2D eigenvalue weighted by molar-refractivity contribution is -0.142. The summed E-state index contributed by atoms with van der Waals surface area (Å²) >= 11 is 4.27. The van der Waals surface area contributed by atoms with Crippen LogP contribution < -0.4 is 0 Å². The van der Waals surface area contributed by atoms with Crippen molar-refractivity contribution in [3.63, 3.8) is 0 Å². The Morgan fingerprint density at radius 2 is 2.19 bits per heavy atom. The summed E-state index contributed by atoms with van der Waals surface area (Å²) in [5.41, 5.74) is 1.30. The Kier molecular flexibility index (Phi) is 5.48. The lowest BCUT2D eigenvalue weighted by Crippen LogP contribution is -2.09. The largest absolute Gasteiger partial charge is 0.466 e. The van der Waals surface area contributed by atoms with Crippen molar-refractivity contribution in [2.75, 3.05) is 6.61 Å². The van der Waals surface area contributed by atoms with Crippen molar-refractivity contribution in [2.24, 2.45) is 0 Å². The van der Waals surface area contributed by atoms with Crippen LogP contribution in [0.15, 0.2) is 12.1 Å². The second kappa shape index (κ2) is 6.39. The smallest absolute Gasteiger partial charge is 0.310 e. The molecule has 0 bridgehead atoms. The molecule has 0 spiro atoms. The zero-order chi connectivity index (χ0) is 12.1. The number of carbonyl (C=O) groups is 1. The molecule has 5 heteroatoms. The van der Waals surface area contributed by atoms with Gasteiger partial charge in [-0.2, -0.15) is 5.26 Å². The second-order valence-electron chi connectivity index (χ2n) is 3.02. The summed E-state index contributed by atoms with van der Waals surface area (Å²) in [5.74, 6) is -0.295. The standard InChI is InChI=1S/C11H9I2NO2/c1-2-16-11(15)4-7-3-8(12)5-10(13)9(7)6-14/h3,5H,2,4H2,1H3. The Labute approximate surface area is 121 Å². The molecule has 0 fully saturated rings. The van der Waals surface area contributed by atoms with E-state index in [1.165, 1.54) is 0 Å².